The summed E-state index contributed by atoms with van der Waals surface area (Å²) in [5, 5.41) is 0. The van der Waals surface area contributed by atoms with Crippen LogP contribution in [0.2, 0.25) is 0 Å². The molecule has 0 aromatic heterocycles. The second-order valence-corrected chi connectivity index (χ2v) is 6.33. The Labute approximate surface area is 118 Å². The highest BCUT2D eigenvalue weighted by atomic mass is 127. The quantitative estimate of drug-likeness (QED) is 0.369. The van der Waals surface area contributed by atoms with Crippen molar-refractivity contribution in [2.75, 3.05) is 0 Å². The van der Waals surface area contributed by atoms with Crippen LogP contribution in [0.25, 0.3) is 0 Å². The summed E-state index contributed by atoms with van der Waals surface area (Å²) < 4.78 is 4.04. The van der Waals surface area contributed by atoms with E-state index in [9.17, 15) is 0 Å². The van der Waals surface area contributed by atoms with Gasteiger partial charge in [0, 0.05) is 22.8 Å². The maximum absolute atomic E-state index is 4.52. The number of nitrogens with zero attached hydrogens (tertiary/aromatic N) is 1. The van der Waals surface area contributed by atoms with Crippen LogP contribution in [0, 0.1) is 10.7 Å². The van der Waals surface area contributed by atoms with Gasteiger partial charge in [-0.1, -0.05) is 0 Å². The Hall–Kier alpha value is 1.08. The van der Waals surface area contributed by atoms with Gasteiger partial charge >= 0.3 is 0 Å². The summed E-state index contributed by atoms with van der Waals surface area (Å²) in [6.07, 6.45) is 1.03. The van der Waals surface area contributed by atoms with Crippen LogP contribution < -0.4 is 0 Å². The van der Waals surface area contributed by atoms with Crippen molar-refractivity contribution in [1.29, 1.82) is 0 Å². The molecule has 1 aliphatic heterocycles. The standard InChI is InChI=1S/C9H6I3N/c1-4-2-5-7(13-4)3-6(10)9(12)8(5)11/h3H,2H2,1H3. The molecular formula is C9H6I3N. The molecule has 1 aromatic carbocycles. The first kappa shape index (κ1) is 10.6. The zero-order valence-corrected chi connectivity index (χ0v) is 13.3. The molecule has 1 heterocycles. The van der Waals surface area contributed by atoms with Crippen LogP contribution in [-0.4, -0.2) is 5.71 Å². The molecular weight excluding hydrogens is 503 g/mol. The molecule has 1 aliphatic rings. The Kier molecular flexibility index (Phi) is 3.19. The molecule has 0 radical (unpaired) electrons. The lowest BCUT2D eigenvalue weighted by Gasteiger charge is -2.05. The van der Waals surface area contributed by atoms with E-state index in [2.05, 4.69) is 85.8 Å². The molecule has 0 N–H and O–H groups in total. The predicted molar refractivity (Wildman–Crippen MR) is 81.1 cm³/mol. The topological polar surface area (TPSA) is 12.4 Å². The molecule has 0 atom stereocenters. The van der Waals surface area contributed by atoms with Gasteiger partial charge in [0.05, 0.1) is 5.69 Å². The van der Waals surface area contributed by atoms with E-state index in [0.29, 0.717) is 0 Å². The summed E-state index contributed by atoms with van der Waals surface area (Å²) in [7, 11) is 0. The lowest BCUT2D eigenvalue weighted by molar-refractivity contribution is 1.32. The van der Waals surface area contributed by atoms with E-state index in [1.807, 2.05) is 0 Å². The molecule has 0 amide bonds. The number of aliphatic imine (C=N–C) groups is 1. The van der Waals surface area contributed by atoms with Crippen molar-refractivity contribution in [3.63, 3.8) is 0 Å². The zero-order valence-electron chi connectivity index (χ0n) is 6.87. The number of halogens is 3. The van der Waals surface area contributed by atoms with Gasteiger partial charge in [0.2, 0.25) is 0 Å². The molecule has 1 aromatic rings. The van der Waals surface area contributed by atoms with Gasteiger partial charge in [0.15, 0.2) is 0 Å². The third-order valence-electron chi connectivity index (χ3n) is 1.98. The predicted octanol–water partition coefficient (Wildman–Crippen LogP) is 4.15. The molecule has 0 saturated heterocycles. The Morgan fingerprint density at radius 2 is 1.92 bits per heavy atom. The van der Waals surface area contributed by atoms with Gasteiger partial charge in [-0.2, -0.15) is 0 Å². The molecule has 4 heteroatoms. The normalized spacial score (nSPS) is 14.3. The van der Waals surface area contributed by atoms with E-state index in [0.717, 1.165) is 6.42 Å². The first-order chi connectivity index (χ1) is 6.09. The van der Waals surface area contributed by atoms with Crippen LogP contribution >= 0.6 is 67.8 Å². The highest BCUT2D eigenvalue weighted by Crippen LogP contribution is 2.36. The monoisotopic (exact) mass is 509 g/mol. The fraction of sp³-hybridized carbons (Fsp3) is 0.222. The fourth-order valence-corrected chi connectivity index (χ4v) is 3.71. The Morgan fingerprint density at radius 1 is 1.23 bits per heavy atom. The third-order valence-corrected chi connectivity index (χ3v) is 7.21. The minimum atomic E-state index is 1.03. The second-order valence-electron chi connectivity index (χ2n) is 3.01. The molecule has 0 saturated carbocycles. The summed E-state index contributed by atoms with van der Waals surface area (Å²) in [6, 6.07) is 2.18. The summed E-state index contributed by atoms with van der Waals surface area (Å²) in [5.41, 5.74) is 3.81. The van der Waals surface area contributed by atoms with Gasteiger partial charge in [-0.25, -0.2) is 0 Å². The highest BCUT2D eigenvalue weighted by molar-refractivity contribution is 14.1. The average molecular weight is 509 g/mol. The van der Waals surface area contributed by atoms with Gasteiger partial charge in [-0.15, -0.1) is 0 Å². The largest absolute Gasteiger partial charge is 0.257 e. The van der Waals surface area contributed by atoms with E-state index in [-0.39, 0.29) is 0 Å². The number of hydrogen-bond acceptors (Lipinski definition) is 1. The van der Waals surface area contributed by atoms with Gasteiger partial charge in [-0.05, 0) is 86.3 Å². The summed E-state index contributed by atoms with van der Waals surface area (Å²) in [4.78, 5) is 4.52. The number of fused-ring (bicyclic) bond motifs is 1. The molecule has 0 aliphatic carbocycles. The van der Waals surface area contributed by atoms with Crippen LogP contribution in [0.1, 0.15) is 12.5 Å². The lowest BCUT2D eigenvalue weighted by Crippen LogP contribution is -1.95. The van der Waals surface area contributed by atoms with Crippen molar-refractivity contribution in [3.05, 3.63) is 22.3 Å². The van der Waals surface area contributed by atoms with Crippen LogP contribution in [-0.2, 0) is 6.42 Å². The average Bonchev–Trinajstić information content (AvgIpc) is 2.42. The van der Waals surface area contributed by atoms with E-state index >= 15 is 0 Å². The van der Waals surface area contributed by atoms with Gasteiger partial charge in [0.1, 0.15) is 0 Å². The SMILES string of the molecule is CC1=Nc2cc(I)c(I)c(I)c2C1. The molecule has 0 unspecified atom stereocenters. The highest BCUT2D eigenvalue weighted by Gasteiger charge is 2.18. The van der Waals surface area contributed by atoms with E-state index in [1.165, 1.54) is 27.7 Å². The maximum Gasteiger partial charge on any atom is 0.0686 e. The number of rotatable bonds is 0. The van der Waals surface area contributed by atoms with Gasteiger partial charge in [-0.3, -0.25) is 4.99 Å². The molecule has 13 heavy (non-hydrogen) atoms. The minimum Gasteiger partial charge on any atom is -0.257 e. The lowest BCUT2D eigenvalue weighted by atomic mass is 10.1. The van der Waals surface area contributed by atoms with Crippen LogP contribution in [0.5, 0.6) is 0 Å². The van der Waals surface area contributed by atoms with Crippen molar-refractivity contribution in [1.82, 2.24) is 0 Å². The maximum atomic E-state index is 4.52. The smallest absolute Gasteiger partial charge is 0.0686 e. The first-order valence-corrected chi connectivity index (χ1v) is 7.03. The molecule has 0 fully saturated rings. The number of hydrogen-bond donors (Lipinski definition) is 0. The molecule has 0 spiro atoms. The van der Waals surface area contributed by atoms with Crippen LogP contribution in [0.3, 0.4) is 0 Å². The van der Waals surface area contributed by atoms with Crippen LogP contribution in [0.15, 0.2) is 11.1 Å². The summed E-state index contributed by atoms with van der Waals surface area (Å²) in [5.74, 6) is 0. The van der Waals surface area contributed by atoms with Crippen molar-refractivity contribution in [2.24, 2.45) is 4.99 Å². The van der Waals surface area contributed by atoms with Gasteiger partial charge in [0.25, 0.3) is 0 Å². The molecule has 0 bridgehead atoms. The molecule has 68 valence electrons. The summed E-state index contributed by atoms with van der Waals surface area (Å²) >= 11 is 7.19. The number of benzene rings is 1. The second kappa shape index (κ2) is 3.92. The first-order valence-electron chi connectivity index (χ1n) is 3.80. The van der Waals surface area contributed by atoms with E-state index < -0.39 is 0 Å². The van der Waals surface area contributed by atoms with Crippen molar-refractivity contribution in [2.45, 2.75) is 13.3 Å². The van der Waals surface area contributed by atoms with E-state index in [1.54, 1.807) is 0 Å². The van der Waals surface area contributed by atoms with Crippen molar-refractivity contribution < 1.29 is 0 Å². The molecule has 2 rings (SSSR count). The van der Waals surface area contributed by atoms with Crippen molar-refractivity contribution >= 4 is 79.2 Å². The van der Waals surface area contributed by atoms with Crippen molar-refractivity contribution in [3.8, 4) is 0 Å². The minimum absolute atomic E-state index is 1.03. The fourth-order valence-electron chi connectivity index (χ4n) is 1.39. The zero-order chi connectivity index (χ0) is 9.59. The Morgan fingerprint density at radius 3 is 2.62 bits per heavy atom. The van der Waals surface area contributed by atoms with Gasteiger partial charge < -0.3 is 0 Å². The Balaban J connectivity index is 2.67. The van der Waals surface area contributed by atoms with Crippen LogP contribution in [0.4, 0.5) is 5.69 Å². The third kappa shape index (κ3) is 1.90. The molecule has 1 nitrogen and oxygen atoms in total. The Bertz CT molecular complexity index is 410. The van der Waals surface area contributed by atoms with E-state index in [4.69, 9.17) is 0 Å². The summed E-state index contributed by atoms with van der Waals surface area (Å²) in [6.45, 7) is 2.09.